The van der Waals surface area contributed by atoms with Crippen molar-refractivity contribution in [1.29, 1.82) is 0 Å². The van der Waals surface area contributed by atoms with E-state index in [1.807, 2.05) is 6.20 Å². The number of aromatic nitrogens is 2. The maximum Gasteiger partial charge on any atom is 0.202 e. The molecule has 0 spiro atoms. The standard InChI is InChI=1S/C12H21N3/c1-9(2)7-14-12-13-4-5-15(12)8-11-6-10(11)3/h4-5,9-11H,6-8H2,1-3H3,(H,13,14). The Kier molecular flexibility index (Phi) is 2.98. The van der Waals surface area contributed by atoms with Gasteiger partial charge in [0.1, 0.15) is 0 Å². The van der Waals surface area contributed by atoms with Gasteiger partial charge in [-0.05, 0) is 24.2 Å². The number of hydrogen-bond donors (Lipinski definition) is 1. The van der Waals surface area contributed by atoms with Crippen molar-refractivity contribution in [3.8, 4) is 0 Å². The first-order valence-corrected chi connectivity index (χ1v) is 5.92. The molecule has 0 aliphatic heterocycles. The van der Waals surface area contributed by atoms with Gasteiger partial charge in [-0.25, -0.2) is 4.98 Å². The Bertz CT molecular complexity index is 316. The molecule has 1 aliphatic rings. The summed E-state index contributed by atoms with van der Waals surface area (Å²) in [7, 11) is 0. The minimum absolute atomic E-state index is 0.662. The molecule has 2 rings (SSSR count). The molecule has 1 N–H and O–H groups in total. The van der Waals surface area contributed by atoms with E-state index in [9.17, 15) is 0 Å². The molecule has 2 atom stereocenters. The second kappa shape index (κ2) is 4.25. The molecule has 15 heavy (non-hydrogen) atoms. The van der Waals surface area contributed by atoms with Gasteiger partial charge in [0, 0.05) is 25.5 Å². The summed E-state index contributed by atoms with van der Waals surface area (Å²) in [6, 6.07) is 0. The summed E-state index contributed by atoms with van der Waals surface area (Å²) in [5, 5.41) is 3.39. The summed E-state index contributed by atoms with van der Waals surface area (Å²) in [5.74, 6) is 3.47. The van der Waals surface area contributed by atoms with Gasteiger partial charge in [0.25, 0.3) is 0 Å². The number of hydrogen-bond acceptors (Lipinski definition) is 2. The van der Waals surface area contributed by atoms with Crippen LogP contribution in [0.5, 0.6) is 0 Å². The fourth-order valence-electron chi connectivity index (χ4n) is 1.83. The van der Waals surface area contributed by atoms with Crippen LogP contribution in [0.15, 0.2) is 12.4 Å². The molecule has 0 bridgehead atoms. The lowest BCUT2D eigenvalue weighted by molar-refractivity contribution is 0.592. The van der Waals surface area contributed by atoms with Crippen LogP contribution in [0.3, 0.4) is 0 Å². The van der Waals surface area contributed by atoms with Crippen LogP contribution in [-0.4, -0.2) is 16.1 Å². The molecule has 0 aromatic carbocycles. The number of nitrogens with zero attached hydrogens (tertiary/aromatic N) is 2. The van der Waals surface area contributed by atoms with E-state index in [-0.39, 0.29) is 0 Å². The molecule has 1 aromatic rings. The third kappa shape index (κ3) is 2.74. The molecule has 3 heteroatoms. The molecule has 84 valence electrons. The van der Waals surface area contributed by atoms with Crippen LogP contribution in [0.2, 0.25) is 0 Å². The molecule has 1 fully saturated rings. The highest BCUT2D eigenvalue weighted by molar-refractivity contribution is 5.25. The van der Waals surface area contributed by atoms with Crippen LogP contribution in [0.25, 0.3) is 0 Å². The Balaban J connectivity index is 1.90. The van der Waals surface area contributed by atoms with Crippen molar-refractivity contribution >= 4 is 5.95 Å². The minimum atomic E-state index is 0.662. The lowest BCUT2D eigenvalue weighted by Gasteiger charge is -2.10. The van der Waals surface area contributed by atoms with E-state index in [0.29, 0.717) is 5.92 Å². The van der Waals surface area contributed by atoms with Crippen LogP contribution in [0.4, 0.5) is 5.95 Å². The molecule has 3 nitrogen and oxygen atoms in total. The van der Waals surface area contributed by atoms with Gasteiger partial charge < -0.3 is 9.88 Å². The van der Waals surface area contributed by atoms with Crippen molar-refractivity contribution in [1.82, 2.24) is 9.55 Å². The minimum Gasteiger partial charge on any atom is -0.355 e. The first kappa shape index (κ1) is 10.5. The summed E-state index contributed by atoms with van der Waals surface area (Å²) in [5.41, 5.74) is 0. The fourth-order valence-corrected chi connectivity index (χ4v) is 1.83. The van der Waals surface area contributed by atoms with Crippen molar-refractivity contribution in [2.45, 2.75) is 33.7 Å². The quantitative estimate of drug-likeness (QED) is 0.804. The highest BCUT2D eigenvalue weighted by atomic mass is 15.2. The predicted octanol–water partition coefficient (Wildman–Crippen LogP) is 2.61. The van der Waals surface area contributed by atoms with Gasteiger partial charge in [-0.15, -0.1) is 0 Å². The van der Waals surface area contributed by atoms with Gasteiger partial charge >= 0.3 is 0 Å². The second-order valence-corrected chi connectivity index (χ2v) is 5.15. The zero-order valence-corrected chi connectivity index (χ0v) is 9.90. The van der Waals surface area contributed by atoms with E-state index in [1.165, 1.54) is 6.42 Å². The summed E-state index contributed by atoms with van der Waals surface area (Å²) in [4.78, 5) is 4.35. The Morgan fingerprint density at radius 2 is 2.33 bits per heavy atom. The van der Waals surface area contributed by atoms with Crippen molar-refractivity contribution in [2.24, 2.45) is 17.8 Å². The molecule has 1 saturated carbocycles. The highest BCUT2D eigenvalue weighted by Gasteiger charge is 2.32. The van der Waals surface area contributed by atoms with Crippen LogP contribution >= 0.6 is 0 Å². The SMILES string of the molecule is CC(C)CNc1nccn1CC1CC1C. The van der Waals surface area contributed by atoms with Crippen molar-refractivity contribution in [2.75, 3.05) is 11.9 Å². The van der Waals surface area contributed by atoms with Crippen LogP contribution in [0, 0.1) is 17.8 Å². The van der Waals surface area contributed by atoms with Crippen LogP contribution in [0.1, 0.15) is 27.2 Å². The average Bonchev–Trinajstić information content (AvgIpc) is 2.71. The first-order valence-electron chi connectivity index (χ1n) is 5.92. The Morgan fingerprint density at radius 3 is 2.93 bits per heavy atom. The lowest BCUT2D eigenvalue weighted by atomic mass is 10.2. The highest BCUT2D eigenvalue weighted by Crippen LogP contribution is 2.39. The normalized spacial score (nSPS) is 24.5. The van der Waals surface area contributed by atoms with Gasteiger partial charge in [0.05, 0.1) is 0 Å². The van der Waals surface area contributed by atoms with Crippen LogP contribution < -0.4 is 5.32 Å². The van der Waals surface area contributed by atoms with Gasteiger partial charge in [-0.2, -0.15) is 0 Å². The van der Waals surface area contributed by atoms with Crippen molar-refractivity contribution in [3.63, 3.8) is 0 Å². The first-order chi connectivity index (χ1) is 7.16. The molecule has 1 heterocycles. The topological polar surface area (TPSA) is 29.9 Å². The third-order valence-electron chi connectivity index (χ3n) is 3.09. The molecular formula is C12H21N3. The Hall–Kier alpha value is -0.990. The van der Waals surface area contributed by atoms with E-state index >= 15 is 0 Å². The van der Waals surface area contributed by atoms with E-state index in [2.05, 4.69) is 41.8 Å². The number of imidazole rings is 1. The molecule has 1 aromatic heterocycles. The Labute approximate surface area is 91.9 Å². The molecule has 0 saturated heterocycles. The van der Waals surface area contributed by atoms with E-state index in [1.54, 1.807) is 0 Å². The maximum absolute atomic E-state index is 4.35. The molecule has 0 radical (unpaired) electrons. The molecular weight excluding hydrogens is 186 g/mol. The Morgan fingerprint density at radius 1 is 1.60 bits per heavy atom. The number of anilines is 1. The average molecular weight is 207 g/mol. The molecule has 2 unspecified atom stereocenters. The number of rotatable bonds is 5. The predicted molar refractivity (Wildman–Crippen MR) is 62.8 cm³/mol. The monoisotopic (exact) mass is 207 g/mol. The summed E-state index contributed by atoms with van der Waals surface area (Å²) in [6.45, 7) is 8.87. The van der Waals surface area contributed by atoms with E-state index in [4.69, 9.17) is 0 Å². The van der Waals surface area contributed by atoms with Crippen molar-refractivity contribution in [3.05, 3.63) is 12.4 Å². The lowest BCUT2D eigenvalue weighted by Crippen LogP contribution is -2.13. The molecule has 1 aliphatic carbocycles. The molecule has 0 amide bonds. The van der Waals surface area contributed by atoms with Crippen LogP contribution in [-0.2, 0) is 6.54 Å². The smallest absolute Gasteiger partial charge is 0.202 e. The van der Waals surface area contributed by atoms with Gasteiger partial charge in [-0.1, -0.05) is 20.8 Å². The summed E-state index contributed by atoms with van der Waals surface area (Å²) in [6.07, 6.45) is 5.34. The van der Waals surface area contributed by atoms with Gasteiger partial charge in [0.15, 0.2) is 0 Å². The largest absolute Gasteiger partial charge is 0.355 e. The van der Waals surface area contributed by atoms with Gasteiger partial charge in [0.2, 0.25) is 5.95 Å². The number of nitrogens with one attached hydrogen (secondary N) is 1. The zero-order valence-electron chi connectivity index (χ0n) is 9.90. The summed E-state index contributed by atoms with van der Waals surface area (Å²) >= 11 is 0. The second-order valence-electron chi connectivity index (χ2n) is 5.15. The van der Waals surface area contributed by atoms with Crippen molar-refractivity contribution < 1.29 is 0 Å². The summed E-state index contributed by atoms with van der Waals surface area (Å²) < 4.78 is 2.25. The van der Waals surface area contributed by atoms with E-state index in [0.717, 1.165) is 30.9 Å². The third-order valence-corrected chi connectivity index (χ3v) is 3.09. The van der Waals surface area contributed by atoms with E-state index < -0.39 is 0 Å². The maximum atomic E-state index is 4.35. The zero-order chi connectivity index (χ0) is 10.8. The fraction of sp³-hybridized carbons (Fsp3) is 0.750. The van der Waals surface area contributed by atoms with Gasteiger partial charge in [-0.3, -0.25) is 0 Å².